The Morgan fingerprint density at radius 3 is 2.63 bits per heavy atom. The van der Waals surface area contributed by atoms with E-state index in [1.807, 2.05) is 22.9 Å². The van der Waals surface area contributed by atoms with Crippen molar-refractivity contribution in [2.24, 2.45) is 5.73 Å². The molecule has 5 heteroatoms. The van der Waals surface area contributed by atoms with Crippen molar-refractivity contribution in [1.82, 2.24) is 0 Å². The SMILES string of the molecule is NC(c1ccsc1)c1cc2c(cc1Cl)OCCCO2. The normalized spacial score (nSPS) is 15.9. The first kappa shape index (κ1) is 12.8. The monoisotopic (exact) mass is 295 g/mol. The number of benzene rings is 1. The maximum Gasteiger partial charge on any atom is 0.162 e. The van der Waals surface area contributed by atoms with Crippen molar-refractivity contribution in [2.45, 2.75) is 12.5 Å². The van der Waals surface area contributed by atoms with Gasteiger partial charge in [-0.2, -0.15) is 11.3 Å². The van der Waals surface area contributed by atoms with Gasteiger partial charge in [-0.3, -0.25) is 0 Å². The maximum absolute atomic E-state index is 6.31. The van der Waals surface area contributed by atoms with E-state index in [4.69, 9.17) is 26.8 Å². The molecule has 0 fully saturated rings. The molecule has 0 radical (unpaired) electrons. The Morgan fingerprint density at radius 1 is 1.21 bits per heavy atom. The van der Waals surface area contributed by atoms with E-state index in [-0.39, 0.29) is 6.04 Å². The summed E-state index contributed by atoms with van der Waals surface area (Å²) < 4.78 is 11.3. The summed E-state index contributed by atoms with van der Waals surface area (Å²) in [7, 11) is 0. The van der Waals surface area contributed by atoms with Crippen LogP contribution in [0.3, 0.4) is 0 Å². The third-order valence-electron chi connectivity index (χ3n) is 3.10. The van der Waals surface area contributed by atoms with E-state index in [9.17, 15) is 0 Å². The summed E-state index contributed by atoms with van der Waals surface area (Å²) >= 11 is 7.94. The lowest BCUT2D eigenvalue weighted by Gasteiger charge is -2.16. The number of hydrogen-bond acceptors (Lipinski definition) is 4. The highest BCUT2D eigenvalue weighted by Crippen LogP contribution is 2.38. The van der Waals surface area contributed by atoms with Crippen LogP contribution in [0.1, 0.15) is 23.6 Å². The lowest BCUT2D eigenvalue weighted by Crippen LogP contribution is -2.11. The minimum absolute atomic E-state index is 0.240. The largest absolute Gasteiger partial charge is 0.490 e. The second-order valence-electron chi connectivity index (χ2n) is 4.41. The van der Waals surface area contributed by atoms with Crippen molar-refractivity contribution >= 4 is 22.9 Å². The number of halogens is 1. The molecule has 1 aliphatic heterocycles. The van der Waals surface area contributed by atoms with Crippen LogP contribution in [0.15, 0.2) is 29.0 Å². The zero-order valence-electron chi connectivity index (χ0n) is 10.3. The minimum Gasteiger partial charge on any atom is -0.490 e. The lowest BCUT2D eigenvalue weighted by atomic mass is 10.0. The van der Waals surface area contributed by atoms with Crippen molar-refractivity contribution < 1.29 is 9.47 Å². The van der Waals surface area contributed by atoms with E-state index < -0.39 is 0 Å². The van der Waals surface area contributed by atoms with Gasteiger partial charge in [0.05, 0.1) is 19.3 Å². The van der Waals surface area contributed by atoms with Gasteiger partial charge in [-0.25, -0.2) is 0 Å². The number of fused-ring (bicyclic) bond motifs is 1. The Labute approximate surface area is 120 Å². The molecular weight excluding hydrogens is 282 g/mol. The van der Waals surface area contributed by atoms with Gasteiger partial charge >= 0.3 is 0 Å². The van der Waals surface area contributed by atoms with Gasteiger partial charge in [-0.05, 0) is 34.0 Å². The Bertz CT molecular complexity index is 571. The third-order valence-corrected chi connectivity index (χ3v) is 4.13. The number of thiophene rings is 1. The predicted octanol–water partition coefficient (Wildman–Crippen LogP) is 3.61. The summed E-state index contributed by atoms with van der Waals surface area (Å²) in [6.07, 6.45) is 0.873. The van der Waals surface area contributed by atoms with Crippen molar-refractivity contribution in [3.05, 3.63) is 45.1 Å². The van der Waals surface area contributed by atoms with Crippen LogP contribution >= 0.6 is 22.9 Å². The predicted molar refractivity (Wildman–Crippen MR) is 77.4 cm³/mol. The molecule has 3 nitrogen and oxygen atoms in total. The molecule has 2 N–H and O–H groups in total. The highest BCUT2D eigenvalue weighted by atomic mass is 35.5. The van der Waals surface area contributed by atoms with E-state index in [1.165, 1.54) is 0 Å². The molecule has 1 aliphatic rings. The first-order chi connectivity index (χ1) is 9.25. The van der Waals surface area contributed by atoms with Gasteiger partial charge in [-0.1, -0.05) is 11.6 Å². The van der Waals surface area contributed by atoms with E-state index >= 15 is 0 Å². The van der Waals surface area contributed by atoms with E-state index in [2.05, 4.69) is 0 Å². The zero-order valence-corrected chi connectivity index (χ0v) is 11.8. The molecule has 1 atom stereocenters. The van der Waals surface area contributed by atoms with Crippen molar-refractivity contribution in [2.75, 3.05) is 13.2 Å². The fraction of sp³-hybridized carbons (Fsp3) is 0.286. The van der Waals surface area contributed by atoms with Crippen molar-refractivity contribution in [3.63, 3.8) is 0 Å². The second kappa shape index (κ2) is 5.41. The number of ether oxygens (including phenoxy) is 2. The Hall–Kier alpha value is -1.23. The maximum atomic E-state index is 6.31. The average Bonchev–Trinajstić information content (AvgIpc) is 2.84. The Morgan fingerprint density at radius 2 is 1.95 bits per heavy atom. The summed E-state index contributed by atoms with van der Waals surface area (Å²) in [5.74, 6) is 1.42. The van der Waals surface area contributed by atoms with Gasteiger partial charge in [0, 0.05) is 17.5 Å². The summed E-state index contributed by atoms with van der Waals surface area (Å²) in [5, 5.41) is 4.65. The number of hydrogen-bond donors (Lipinski definition) is 1. The van der Waals surface area contributed by atoms with Crippen LogP contribution in [-0.4, -0.2) is 13.2 Å². The summed E-state index contributed by atoms with van der Waals surface area (Å²) in [5.41, 5.74) is 8.18. The second-order valence-corrected chi connectivity index (χ2v) is 5.59. The molecule has 0 bridgehead atoms. The fourth-order valence-corrected chi connectivity index (χ4v) is 3.04. The number of nitrogens with two attached hydrogens (primary N) is 1. The molecule has 19 heavy (non-hydrogen) atoms. The van der Waals surface area contributed by atoms with Gasteiger partial charge in [0.2, 0.25) is 0 Å². The molecule has 3 rings (SSSR count). The van der Waals surface area contributed by atoms with Crippen molar-refractivity contribution in [1.29, 1.82) is 0 Å². The van der Waals surface area contributed by atoms with E-state index in [1.54, 1.807) is 17.4 Å². The first-order valence-electron chi connectivity index (χ1n) is 6.12. The van der Waals surface area contributed by atoms with Crippen molar-refractivity contribution in [3.8, 4) is 11.5 Å². The molecule has 0 saturated carbocycles. The Balaban J connectivity index is 2.00. The standard InChI is InChI=1S/C14H14ClNO2S/c15-11-7-13-12(17-3-1-4-18-13)6-10(11)14(16)9-2-5-19-8-9/h2,5-8,14H,1,3-4,16H2. The summed E-state index contributed by atoms with van der Waals surface area (Å²) in [4.78, 5) is 0. The fourth-order valence-electron chi connectivity index (χ4n) is 2.07. The van der Waals surface area contributed by atoms with Gasteiger partial charge in [-0.15, -0.1) is 0 Å². The summed E-state index contributed by atoms with van der Waals surface area (Å²) in [6, 6.07) is 5.46. The molecule has 0 spiro atoms. The Kier molecular flexibility index (Phi) is 3.64. The molecule has 2 heterocycles. The van der Waals surface area contributed by atoms with Crippen LogP contribution in [0.5, 0.6) is 11.5 Å². The average molecular weight is 296 g/mol. The van der Waals surface area contributed by atoms with Gasteiger partial charge in [0.15, 0.2) is 11.5 Å². The molecule has 1 unspecified atom stereocenters. The van der Waals surface area contributed by atoms with Gasteiger partial charge in [0.25, 0.3) is 0 Å². The topological polar surface area (TPSA) is 44.5 Å². The van der Waals surface area contributed by atoms with E-state index in [0.29, 0.717) is 24.0 Å². The molecule has 1 aromatic carbocycles. The molecule has 0 aliphatic carbocycles. The third kappa shape index (κ3) is 2.56. The van der Waals surface area contributed by atoms with Gasteiger partial charge < -0.3 is 15.2 Å². The molecule has 1 aromatic heterocycles. The first-order valence-corrected chi connectivity index (χ1v) is 7.44. The quantitative estimate of drug-likeness (QED) is 0.920. The van der Waals surface area contributed by atoms with Crippen LogP contribution in [0.25, 0.3) is 0 Å². The van der Waals surface area contributed by atoms with Crippen LogP contribution in [0.4, 0.5) is 0 Å². The molecule has 100 valence electrons. The smallest absolute Gasteiger partial charge is 0.162 e. The minimum atomic E-state index is -0.240. The number of rotatable bonds is 2. The zero-order chi connectivity index (χ0) is 13.2. The lowest BCUT2D eigenvalue weighted by molar-refractivity contribution is 0.297. The van der Waals surface area contributed by atoms with Gasteiger partial charge in [0.1, 0.15) is 0 Å². The molecule has 0 saturated heterocycles. The highest BCUT2D eigenvalue weighted by Gasteiger charge is 2.19. The molecule has 2 aromatic rings. The molecule has 0 amide bonds. The van der Waals surface area contributed by atoms with Crippen LogP contribution < -0.4 is 15.2 Å². The molecular formula is C14H14ClNO2S. The van der Waals surface area contributed by atoms with Crippen LogP contribution in [0, 0.1) is 0 Å². The summed E-state index contributed by atoms with van der Waals surface area (Å²) in [6.45, 7) is 1.31. The van der Waals surface area contributed by atoms with Crippen LogP contribution in [0.2, 0.25) is 5.02 Å². The highest BCUT2D eigenvalue weighted by molar-refractivity contribution is 7.08. The van der Waals surface area contributed by atoms with Crippen LogP contribution in [-0.2, 0) is 0 Å². The van der Waals surface area contributed by atoms with E-state index in [0.717, 1.165) is 23.3 Å².